The van der Waals surface area contributed by atoms with E-state index in [1.165, 1.54) is 0 Å². The van der Waals surface area contributed by atoms with E-state index in [2.05, 4.69) is 38.2 Å². The first kappa shape index (κ1) is 29.1. The molecule has 196 valence electrons. The Kier molecular flexibility index (Phi) is 12.5. The van der Waals surface area contributed by atoms with Gasteiger partial charge in [0.15, 0.2) is 0 Å². The summed E-state index contributed by atoms with van der Waals surface area (Å²) in [6.45, 7) is 6.65. The van der Waals surface area contributed by atoms with Crippen LogP contribution in [0.4, 0.5) is 10.5 Å². The number of para-hydroxylation sites is 1. The molecule has 0 aromatic heterocycles. The van der Waals surface area contributed by atoms with Crippen molar-refractivity contribution >= 4 is 11.8 Å². The Morgan fingerprint density at radius 2 is 1.89 bits per heavy atom. The number of hydrogen-bond donors (Lipinski definition) is 4. The highest BCUT2D eigenvalue weighted by atomic mass is 16.5. The van der Waals surface area contributed by atoms with E-state index in [9.17, 15) is 20.1 Å². The Balaban J connectivity index is 1.70. The molecule has 6 heteroatoms. The summed E-state index contributed by atoms with van der Waals surface area (Å²) in [7, 11) is 0. The van der Waals surface area contributed by atoms with Crippen molar-refractivity contribution in [2.24, 2.45) is 17.3 Å². The molecular weight excluding hydrogens is 442 g/mol. The molecule has 0 bridgehead atoms. The highest BCUT2D eigenvalue weighted by Gasteiger charge is 2.39. The smallest absolute Gasteiger partial charge is 0.411 e. The average molecular weight is 488 g/mol. The van der Waals surface area contributed by atoms with Gasteiger partial charge in [-0.3, -0.25) is 5.32 Å². The number of nitrogens with one attached hydrogen (secondary N) is 1. The van der Waals surface area contributed by atoms with Gasteiger partial charge in [-0.2, -0.15) is 0 Å². The number of ether oxygens (including phenoxy) is 1. The molecule has 0 aliphatic heterocycles. The van der Waals surface area contributed by atoms with Crippen LogP contribution in [0, 0.1) is 17.3 Å². The van der Waals surface area contributed by atoms with Crippen LogP contribution < -0.4 is 5.32 Å². The molecule has 6 nitrogen and oxygen atoms in total. The predicted octanol–water partition coefficient (Wildman–Crippen LogP) is 5.84. The van der Waals surface area contributed by atoms with E-state index in [0.29, 0.717) is 25.1 Å². The molecule has 2 rings (SSSR count). The van der Waals surface area contributed by atoms with Crippen LogP contribution in [0.5, 0.6) is 0 Å². The number of amides is 1. The van der Waals surface area contributed by atoms with Crippen molar-refractivity contribution in [2.45, 2.75) is 90.4 Å². The predicted molar refractivity (Wildman–Crippen MR) is 141 cm³/mol. The Morgan fingerprint density at radius 1 is 1.14 bits per heavy atom. The van der Waals surface area contributed by atoms with Gasteiger partial charge in [0, 0.05) is 18.0 Å². The molecule has 1 saturated carbocycles. The van der Waals surface area contributed by atoms with Gasteiger partial charge in [-0.1, -0.05) is 76.1 Å². The molecule has 4 N–H and O–H groups in total. The Labute approximate surface area is 211 Å². The van der Waals surface area contributed by atoms with Crippen LogP contribution in [0.1, 0.15) is 72.1 Å². The van der Waals surface area contributed by atoms with Crippen LogP contribution in [0.25, 0.3) is 0 Å². The van der Waals surface area contributed by atoms with Gasteiger partial charge < -0.3 is 20.1 Å². The summed E-state index contributed by atoms with van der Waals surface area (Å²) in [4.78, 5) is 11.8. The van der Waals surface area contributed by atoms with Gasteiger partial charge in [0.25, 0.3) is 0 Å². The monoisotopic (exact) mass is 487 g/mol. The number of anilines is 1. The van der Waals surface area contributed by atoms with E-state index in [1.807, 2.05) is 42.5 Å². The third-order valence-electron chi connectivity index (χ3n) is 7.00. The summed E-state index contributed by atoms with van der Waals surface area (Å²) in [5.74, 6) is -0.226. The molecule has 1 aromatic carbocycles. The Morgan fingerprint density at radius 3 is 2.60 bits per heavy atom. The van der Waals surface area contributed by atoms with Crippen molar-refractivity contribution < 1.29 is 24.9 Å². The first-order valence-electron chi connectivity index (χ1n) is 13.1. The molecule has 0 unspecified atom stereocenters. The lowest BCUT2D eigenvalue weighted by molar-refractivity contribution is 0.0796. The first-order valence-corrected chi connectivity index (χ1v) is 13.1. The van der Waals surface area contributed by atoms with E-state index < -0.39 is 24.4 Å². The second kappa shape index (κ2) is 15.1. The minimum Gasteiger partial charge on any atom is -0.449 e. The van der Waals surface area contributed by atoms with Crippen LogP contribution in [-0.2, 0) is 4.74 Å². The van der Waals surface area contributed by atoms with Gasteiger partial charge >= 0.3 is 6.09 Å². The summed E-state index contributed by atoms with van der Waals surface area (Å²) in [5, 5.41) is 34.3. The second-order valence-electron chi connectivity index (χ2n) is 10.4. The van der Waals surface area contributed by atoms with Gasteiger partial charge in [-0.15, -0.1) is 0 Å². The zero-order chi connectivity index (χ0) is 25.7. The van der Waals surface area contributed by atoms with Crippen molar-refractivity contribution in [3.8, 4) is 0 Å². The van der Waals surface area contributed by atoms with Gasteiger partial charge in [-0.25, -0.2) is 4.79 Å². The van der Waals surface area contributed by atoms with Crippen LogP contribution >= 0.6 is 0 Å². The molecule has 1 aromatic rings. The van der Waals surface area contributed by atoms with E-state index >= 15 is 0 Å². The van der Waals surface area contributed by atoms with Crippen molar-refractivity contribution in [3.63, 3.8) is 0 Å². The van der Waals surface area contributed by atoms with E-state index in [1.54, 1.807) is 0 Å². The number of hydrogen-bond acceptors (Lipinski definition) is 5. The number of carbonyl (C=O) groups is 1. The van der Waals surface area contributed by atoms with E-state index in [4.69, 9.17) is 4.74 Å². The number of allylic oxidation sites excluding steroid dienone is 2. The third-order valence-corrected chi connectivity index (χ3v) is 7.00. The number of benzene rings is 1. The molecule has 0 spiro atoms. The Bertz CT molecular complexity index is 792. The maximum Gasteiger partial charge on any atom is 0.411 e. The maximum absolute atomic E-state index is 11.8. The molecule has 0 heterocycles. The summed E-state index contributed by atoms with van der Waals surface area (Å²) >= 11 is 0. The lowest BCUT2D eigenvalue weighted by atomic mass is 9.80. The standard InChI is InChI=1S/C29H45NO5/c1-4-5-19-29(2,3)27(33)18-17-24-23(25(31)21-26(24)32)16-12-7-6-8-13-20-35-28(34)30-22-14-10-9-11-15-22/h7,9-12,14-15,17-18,23-27,31-33H,4-6,8,13,16,19-21H2,1-3H3,(H,30,34)/b12-7-,18-17+/t23-,24-,25+,26-,27-/m1/s1. The largest absolute Gasteiger partial charge is 0.449 e. The van der Waals surface area contributed by atoms with Crippen LogP contribution in [0.2, 0.25) is 0 Å². The molecular formula is C29H45NO5. The third kappa shape index (κ3) is 10.2. The van der Waals surface area contributed by atoms with Crippen LogP contribution in [-0.4, -0.2) is 46.3 Å². The second-order valence-corrected chi connectivity index (χ2v) is 10.4. The zero-order valence-corrected chi connectivity index (χ0v) is 21.6. The summed E-state index contributed by atoms with van der Waals surface area (Å²) in [6, 6.07) is 9.21. The molecule has 1 aliphatic carbocycles. The van der Waals surface area contributed by atoms with Gasteiger partial charge in [-0.05, 0) is 55.6 Å². The van der Waals surface area contributed by atoms with Crippen molar-refractivity contribution in [2.75, 3.05) is 11.9 Å². The first-order chi connectivity index (χ1) is 16.7. The lowest BCUT2D eigenvalue weighted by Gasteiger charge is -2.29. The van der Waals surface area contributed by atoms with Gasteiger partial charge in [0.1, 0.15) is 0 Å². The highest BCUT2D eigenvalue weighted by Crippen LogP contribution is 2.37. The molecule has 0 saturated heterocycles. The van der Waals surface area contributed by atoms with Gasteiger partial charge in [0.2, 0.25) is 0 Å². The van der Waals surface area contributed by atoms with Crippen molar-refractivity contribution in [1.29, 1.82) is 0 Å². The van der Waals surface area contributed by atoms with E-state index in [-0.39, 0.29) is 17.3 Å². The fourth-order valence-corrected chi connectivity index (χ4v) is 4.56. The topological polar surface area (TPSA) is 99.0 Å². The number of rotatable bonds is 14. The minimum atomic E-state index is -0.593. The van der Waals surface area contributed by atoms with Gasteiger partial charge in [0.05, 0.1) is 24.9 Å². The average Bonchev–Trinajstić information content (AvgIpc) is 3.10. The van der Waals surface area contributed by atoms with Crippen LogP contribution in [0.15, 0.2) is 54.6 Å². The van der Waals surface area contributed by atoms with Crippen molar-refractivity contribution in [1.82, 2.24) is 0 Å². The fraction of sp³-hybridized carbons (Fsp3) is 0.621. The Hall–Kier alpha value is -2.15. The summed E-state index contributed by atoms with van der Waals surface area (Å²) < 4.78 is 5.20. The summed E-state index contributed by atoms with van der Waals surface area (Å²) in [5.41, 5.74) is 0.498. The zero-order valence-electron chi connectivity index (χ0n) is 21.6. The number of aliphatic hydroxyl groups is 3. The quantitative estimate of drug-likeness (QED) is 0.195. The summed E-state index contributed by atoms with van der Waals surface area (Å²) in [6.07, 6.45) is 12.4. The number of unbranched alkanes of at least 4 members (excludes halogenated alkanes) is 3. The molecule has 35 heavy (non-hydrogen) atoms. The normalized spacial score (nSPS) is 23.7. The minimum absolute atomic E-state index is 0.0616. The SMILES string of the molecule is CCCCC(C)(C)[C@H](O)/C=C/[C@@H]1[C@@H](C/C=C\CCCCOC(=O)Nc2ccccc2)[C@@H](O)C[C@H]1O. The fourth-order valence-electron chi connectivity index (χ4n) is 4.56. The number of carbonyl (C=O) groups excluding carboxylic acids is 1. The molecule has 0 radical (unpaired) electrons. The van der Waals surface area contributed by atoms with Crippen molar-refractivity contribution in [3.05, 3.63) is 54.6 Å². The lowest BCUT2D eigenvalue weighted by Crippen LogP contribution is -2.28. The molecule has 1 amide bonds. The van der Waals surface area contributed by atoms with Crippen LogP contribution in [0.3, 0.4) is 0 Å². The maximum atomic E-state index is 11.8. The molecule has 1 aliphatic rings. The highest BCUT2D eigenvalue weighted by molar-refractivity contribution is 5.84. The number of aliphatic hydroxyl groups excluding tert-OH is 3. The molecule has 5 atom stereocenters. The van der Waals surface area contributed by atoms with E-state index in [0.717, 1.165) is 38.5 Å². The molecule has 1 fully saturated rings.